The van der Waals surface area contributed by atoms with Crippen LogP contribution in [0.25, 0.3) is 0 Å². The first-order chi connectivity index (χ1) is 8.11. The number of carbonyl (C=O) groups excluding carboxylic acids is 1. The molecule has 1 aromatic carbocycles. The lowest BCUT2D eigenvalue weighted by Crippen LogP contribution is -2.53. The Morgan fingerprint density at radius 2 is 1.94 bits per heavy atom. The van der Waals surface area contributed by atoms with Crippen LogP contribution in [0.1, 0.15) is 5.56 Å². The molecule has 1 aromatic rings. The van der Waals surface area contributed by atoms with Crippen molar-refractivity contribution >= 4 is 11.7 Å². The van der Waals surface area contributed by atoms with Crippen LogP contribution in [0.15, 0.2) is 24.3 Å². The predicted molar refractivity (Wildman–Crippen MR) is 69.1 cm³/mol. The molecule has 0 aromatic heterocycles. The fraction of sp³-hybridized carbons (Fsp3) is 0.462. The smallest absolute Gasteiger partial charge is 0.324 e. The van der Waals surface area contributed by atoms with Crippen LogP contribution in [0.3, 0.4) is 0 Å². The van der Waals surface area contributed by atoms with Gasteiger partial charge in [0.15, 0.2) is 0 Å². The van der Waals surface area contributed by atoms with Crippen molar-refractivity contribution in [1.29, 1.82) is 0 Å². The lowest BCUT2D eigenvalue weighted by Gasteiger charge is -2.38. The largest absolute Gasteiger partial charge is 0.330 e. The molecule has 1 aliphatic rings. The summed E-state index contributed by atoms with van der Waals surface area (Å²) in [5.41, 5.74) is 7.86. The van der Waals surface area contributed by atoms with Crippen LogP contribution in [0.2, 0.25) is 0 Å². The predicted octanol–water partition coefficient (Wildman–Crippen LogP) is 1.44. The number of urea groups is 1. The fourth-order valence-electron chi connectivity index (χ4n) is 2.16. The Morgan fingerprint density at radius 3 is 2.53 bits per heavy atom. The molecular weight excluding hydrogens is 214 g/mol. The van der Waals surface area contributed by atoms with Crippen molar-refractivity contribution < 1.29 is 4.79 Å². The van der Waals surface area contributed by atoms with E-state index in [-0.39, 0.29) is 6.03 Å². The van der Waals surface area contributed by atoms with Gasteiger partial charge in [-0.15, -0.1) is 0 Å². The molecule has 1 unspecified atom stereocenters. The summed E-state index contributed by atoms with van der Waals surface area (Å²) >= 11 is 0. The van der Waals surface area contributed by atoms with E-state index < -0.39 is 0 Å². The average Bonchev–Trinajstić information content (AvgIpc) is 2.34. The van der Waals surface area contributed by atoms with Gasteiger partial charge in [-0.05, 0) is 25.6 Å². The third kappa shape index (κ3) is 2.42. The molecule has 0 aliphatic carbocycles. The van der Waals surface area contributed by atoms with E-state index in [1.807, 2.05) is 38.2 Å². The van der Waals surface area contributed by atoms with Crippen LogP contribution in [0.4, 0.5) is 10.5 Å². The Balaban J connectivity index is 2.23. The number of nitrogens with zero attached hydrogens (tertiary/aromatic N) is 2. The van der Waals surface area contributed by atoms with Crippen LogP contribution in [-0.4, -0.2) is 37.6 Å². The molecule has 0 saturated carbocycles. The summed E-state index contributed by atoms with van der Waals surface area (Å²) in [6.07, 6.45) is 0. The molecule has 4 nitrogen and oxygen atoms in total. The average molecular weight is 233 g/mol. The topological polar surface area (TPSA) is 49.6 Å². The van der Waals surface area contributed by atoms with E-state index in [2.05, 4.69) is 0 Å². The summed E-state index contributed by atoms with van der Waals surface area (Å²) in [4.78, 5) is 15.6. The Kier molecular flexibility index (Phi) is 3.33. The van der Waals surface area contributed by atoms with Crippen molar-refractivity contribution in [3.05, 3.63) is 29.8 Å². The number of hydrogen-bond donors (Lipinski definition) is 1. The molecule has 4 heteroatoms. The summed E-state index contributed by atoms with van der Waals surface area (Å²) < 4.78 is 0. The highest BCUT2D eigenvalue weighted by molar-refractivity contribution is 5.92. The van der Waals surface area contributed by atoms with E-state index in [1.54, 1.807) is 9.80 Å². The zero-order valence-electron chi connectivity index (χ0n) is 10.4. The third-order valence-corrected chi connectivity index (χ3v) is 3.21. The maximum Gasteiger partial charge on any atom is 0.324 e. The molecule has 2 rings (SSSR count). The van der Waals surface area contributed by atoms with E-state index in [4.69, 9.17) is 5.73 Å². The van der Waals surface area contributed by atoms with E-state index in [9.17, 15) is 4.79 Å². The van der Waals surface area contributed by atoms with Crippen LogP contribution in [0.5, 0.6) is 0 Å². The van der Waals surface area contributed by atoms with Crippen molar-refractivity contribution in [2.45, 2.75) is 6.92 Å². The quantitative estimate of drug-likeness (QED) is 0.840. The molecule has 2 N–H and O–H groups in total. The maximum absolute atomic E-state index is 12.1. The van der Waals surface area contributed by atoms with Crippen molar-refractivity contribution in [2.75, 3.05) is 31.6 Å². The number of benzene rings is 1. The van der Waals surface area contributed by atoms with Gasteiger partial charge in [-0.1, -0.05) is 17.7 Å². The van der Waals surface area contributed by atoms with Crippen LogP contribution in [-0.2, 0) is 0 Å². The van der Waals surface area contributed by atoms with Gasteiger partial charge in [0.2, 0.25) is 0 Å². The van der Waals surface area contributed by atoms with E-state index >= 15 is 0 Å². The monoisotopic (exact) mass is 233 g/mol. The van der Waals surface area contributed by atoms with Crippen molar-refractivity contribution in [2.24, 2.45) is 11.7 Å². The first-order valence-electron chi connectivity index (χ1n) is 5.91. The molecule has 1 aliphatic heterocycles. The minimum atomic E-state index is 0.0542. The number of hydrogen-bond acceptors (Lipinski definition) is 2. The molecule has 1 atom stereocenters. The van der Waals surface area contributed by atoms with E-state index in [0.717, 1.165) is 12.2 Å². The van der Waals surface area contributed by atoms with Crippen molar-refractivity contribution in [3.8, 4) is 0 Å². The summed E-state index contributed by atoms with van der Waals surface area (Å²) in [5.74, 6) is 0.346. The lowest BCUT2D eigenvalue weighted by molar-refractivity contribution is 0.194. The number of amides is 2. The Hall–Kier alpha value is -1.55. The highest BCUT2D eigenvalue weighted by Gasteiger charge is 2.29. The number of rotatable bonds is 2. The second kappa shape index (κ2) is 4.75. The molecule has 1 saturated heterocycles. The fourth-order valence-corrected chi connectivity index (χ4v) is 2.16. The SMILES string of the molecule is Cc1ccc(N2CC(CN)CN(C)C2=O)cc1. The normalized spacial score (nSPS) is 20.9. The second-order valence-corrected chi connectivity index (χ2v) is 4.71. The van der Waals surface area contributed by atoms with Crippen LogP contribution in [0, 0.1) is 12.8 Å². The zero-order valence-corrected chi connectivity index (χ0v) is 10.4. The summed E-state index contributed by atoms with van der Waals surface area (Å²) in [5, 5.41) is 0. The van der Waals surface area contributed by atoms with Gasteiger partial charge in [-0.25, -0.2) is 4.79 Å². The van der Waals surface area contributed by atoms with Gasteiger partial charge in [-0.3, -0.25) is 4.90 Å². The minimum absolute atomic E-state index is 0.0542. The number of carbonyl (C=O) groups is 1. The van der Waals surface area contributed by atoms with E-state index in [1.165, 1.54) is 5.56 Å². The molecule has 0 bridgehead atoms. The molecule has 1 fully saturated rings. The van der Waals surface area contributed by atoms with Crippen molar-refractivity contribution in [3.63, 3.8) is 0 Å². The maximum atomic E-state index is 12.1. The summed E-state index contributed by atoms with van der Waals surface area (Å²) in [7, 11) is 1.82. The van der Waals surface area contributed by atoms with Gasteiger partial charge in [0.05, 0.1) is 0 Å². The standard InChI is InChI=1S/C13H19N3O/c1-10-3-5-12(6-4-10)16-9-11(7-14)8-15(2)13(16)17/h3-6,11H,7-9,14H2,1-2H3. The summed E-state index contributed by atoms with van der Waals surface area (Å²) in [6.45, 7) is 4.11. The Labute approximate surface area is 102 Å². The molecule has 2 amide bonds. The van der Waals surface area contributed by atoms with Crippen LogP contribution >= 0.6 is 0 Å². The molecular formula is C13H19N3O. The molecule has 92 valence electrons. The molecule has 1 heterocycles. The first kappa shape index (κ1) is 11.9. The van der Waals surface area contributed by atoms with Gasteiger partial charge in [0.25, 0.3) is 0 Å². The van der Waals surface area contributed by atoms with Gasteiger partial charge < -0.3 is 10.6 Å². The number of aryl methyl sites for hydroxylation is 1. The lowest BCUT2D eigenvalue weighted by atomic mass is 10.1. The highest BCUT2D eigenvalue weighted by atomic mass is 16.2. The number of nitrogens with two attached hydrogens (primary N) is 1. The van der Waals surface area contributed by atoms with Crippen LogP contribution < -0.4 is 10.6 Å². The third-order valence-electron chi connectivity index (χ3n) is 3.21. The molecule has 0 radical (unpaired) electrons. The minimum Gasteiger partial charge on any atom is -0.330 e. The Morgan fingerprint density at radius 1 is 1.29 bits per heavy atom. The van der Waals surface area contributed by atoms with Gasteiger partial charge >= 0.3 is 6.03 Å². The number of anilines is 1. The summed E-state index contributed by atoms with van der Waals surface area (Å²) in [6, 6.07) is 8.07. The zero-order chi connectivity index (χ0) is 12.4. The second-order valence-electron chi connectivity index (χ2n) is 4.71. The van der Waals surface area contributed by atoms with Crippen molar-refractivity contribution in [1.82, 2.24) is 4.90 Å². The van der Waals surface area contributed by atoms with Gasteiger partial charge in [0, 0.05) is 31.7 Å². The molecule has 0 spiro atoms. The Bertz CT molecular complexity index is 402. The molecule has 17 heavy (non-hydrogen) atoms. The first-order valence-corrected chi connectivity index (χ1v) is 5.91. The van der Waals surface area contributed by atoms with Gasteiger partial charge in [0.1, 0.15) is 0 Å². The highest BCUT2D eigenvalue weighted by Crippen LogP contribution is 2.21. The van der Waals surface area contributed by atoms with Gasteiger partial charge in [-0.2, -0.15) is 0 Å². The van der Waals surface area contributed by atoms with E-state index in [0.29, 0.717) is 19.0 Å².